The summed E-state index contributed by atoms with van der Waals surface area (Å²) in [6.45, 7) is 3.59. The number of rotatable bonds is 4. The van der Waals surface area contributed by atoms with Gasteiger partial charge in [0, 0.05) is 16.1 Å². The second kappa shape index (κ2) is 5.04. The van der Waals surface area contributed by atoms with Crippen molar-refractivity contribution < 1.29 is 13.2 Å². The summed E-state index contributed by atoms with van der Waals surface area (Å²) in [5.41, 5.74) is 0.198. The highest BCUT2D eigenvalue weighted by Crippen LogP contribution is 2.32. The van der Waals surface area contributed by atoms with Crippen LogP contribution in [0, 0.1) is 0 Å². The molecule has 0 fully saturated rings. The van der Waals surface area contributed by atoms with Gasteiger partial charge in [-0.15, -0.1) is 0 Å². The van der Waals surface area contributed by atoms with Crippen LogP contribution in [0.4, 0.5) is 0 Å². The molecule has 0 N–H and O–H groups in total. The number of halogens is 2. The Hall–Kier alpha value is -0.450. The molecule has 0 amide bonds. The summed E-state index contributed by atoms with van der Waals surface area (Å²) in [7, 11) is 3.24. The Labute approximate surface area is 111 Å². The van der Waals surface area contributed by atoms with Crippen LogP contribution in [-0.4, -0.2) is 21.3 Å². The molecule has 0 bridgehead atoms. The second-order valence-corrected chi connectivity index (χ2v) is 7.60. The minimum absolute atomic E-state index is 0.149. The molecule has 0 atom stereocenters. The van der Waals surface area contributed by atoms with E-state index in [0.29, 0.717) is 10.8 Å². The highest BCUT2D eigenvalue weighted by atomic mass is 35.7. The fraction of sp³-hybridized carbons (Fsp3) is 0.455. The van der Waals surface area contributed by atoms with E-state index < -0.39 is 14.5 Å². The van der Waals surface area contributed by atoms with Crippen LogP contribution in [-0.2, 0) is 14.5 Å². The van der Waals surface area contributed by atoms with E-state index in [1.165, 1.54) is 7.11 Å². The van der Waals surface area contributed by atoms with E-state index in [1.807, 2.05) is 0 Å². The van der Waals surface area contributed by atoms with E-state index in [4.69, 9.17) is 27.0 Å². The SMILES string of the molecule is COc1ccc(C(C)(C)CS(=O)(=O)Cl)cc1Cl. The Bertz CT molecular complexity index is 509. The third kappa shape index (κ3) is 4.05. The van der Waals surface area contributed by atoms with E-state index >= 15 is 0 Å². The van der Waals surface area contributed by atoms with Crippen LogP contribution in [0.1, 0.15) is 19.4 Å². The van der Waals surface area contributed by atoms with Crippen LogP contribution in [0.2, 0.25) is 5.02 Å². The maximum atomic E-state index is 11.1. The van der Waals surface area contributed by atoms with E-state index in [0.717, 1.165) is 5.56 Å². The van der Waals surface area contributed by atoms with Gasteiger partial charge in [0.1, 0.15) is 5.75 Å². The molecule has 0 aliphatic carbocycles. The average Bonchev–Trinajstić information content (AvgIpc) is 2.13. The van der Waals surface area contributed by atoms with Crippen molar-refractivity contribution in [2.75, 3.05) is 12.9 Å². The first kappa shape index (κ1) is 14.6. The Balaban J connectivity index is 3.11. The molecular formula is C11H14Cl2O3S. The van der Waals surface area contributed by atoms with E-state index in [1.54, 1.807) is 32.0 Å². The summed E-state index contributed by atoms with van der Waals surface area (Å²) in [6.07, 6.45) is 0. The number of hydrogen-bond acceptors (Lipinski definition) is 3. The van der Waals surface area contributed by atoms with Crippen molar-refractivity contribution in [1.82, 2.24) is 0 Å². The monoisotopic (exact) mass is 296 g/mol. The fourth-order valence-electron chi connectivity index (χ4n) is 1.60. The van der Waals surface area contributed by atoms with Gasteiger partial charge < -0.3 is 4.74 Å². The molecule has 1 aromatic rings. The first-order valence-corrected chi connectivity index (χ1v) is 7.78. The first-order valence-electron chi connectivity index (χ1n) is 4.92. The molecular weight excluding hydrogens is 283 g/mol. The molecule has 0 unspecified atom stereocenters. The van der Waals surface area contributed by atoms with Crippen LogP contribution in [0.25, 0.3) is 0 Å². The molecule has 0 radical (unpaired) electrons. The maximum Gasteiger partial charge on any atom is 0.233 e. The van der Waals surface area contributed by atoms with E-state index in [-0.39, 0.29) is 5.75 Å². The van der Waals surface area contributed by atoms with Crippen LogP contribution in [0.3, 0.4) is 0 Å². The minimum Gasteiger partial charge on any atom is -0.495 e. The number of benzene rings is 1. The quantitative estimate of drug-likeness (QED) is 0.802. The highest BCUT2D eigenvalue weighted by molar-refractivity contribution is 8.13. The third-order valence-electron chi connectivity index (χ3n) is 2.47. The standard InChI is InChI=1S/C11H14Cl2O3S/c1-11(2,7-17(13,14)15)8-4-5-10(16-3)9(12)6-8/h4-6H,7H2,1-3H3. The van der Waals surface area contributed by atoms with Gasteiger partial charge in [-0.1, -0.05) is 31.5 Å². The van der Waals surface area contributed by atoms with Gasteiger partial charge in [0.05, 0.1) is 17.9 Å². The largest absolute Gasteiger partial charge is 0.495 e. The van der Waals surface area contributed by atoms with Gasteiger partial charge in [-0.05, 0) is 17.7 Å². The van der Waals surface area contributed by atoms with Gasteiger partial charge in [-0.2, -0.15) is 0 Å². The van der Waals surface area contributed by atoms with Crippen LogP contribution in [0.15, 0.2) is 18.2 Å². The third-order valence-corrected chi connectivity index (χ3v) is 4.16. The molecule has 0 aromatic heterocycles. The molecule has 0 aliphatic rings. The van der Waals surface area contributed by atoms with Crippen molar-refractivity contribution in [2.45, 2.75) is 19.3 Å². The number of ether oxygens (including phenoxy) is 1. The van der Waals surface area contributed by atoms with Gasteiger partial charge in [0.15, 0.2) is 0 Å². The maximum absolute atomic E-state index is 11.1. The Kier molecular flexibility index (Phi) is 4.33. The normalized spacial score (nSPS) is 12.5. The van der Waals surface area contributed by atoms with Gasteiger partial charge in [0.2, 0.25) is 9.05 Å². The molecule has 3 nitrogen and oxygen atoms in total. The molecule has 96 valence electrons. The molecule has 1 aromatic carbocycles. The topological polar surface area (TPSA) is 43.4 Å². The minimum atomic E-state index is -3.56. The lowest BCUT2D eigenvalue weighted by Gasteiger charge is -2.24. The van der Waals surface area contributed by atoms with Crippen molar-refractivity contribution in [3.63, 3.8) is 0 Å². The number of hydrogen-bond donors (Lipinski definition) is 0. The van der Waals surface area contributed by atoms with Gasteiger partial charge in [-0.3, -0.25) is 0 Å². The molecule has 6 heteroatoms. The fourth-order valence-corrected chi connectivity index (χ4v) is 3.71. The van der Waals surface area contributed by atoms with Crippen molar-refractivity contribution in [1.29, 1.82) is 0 Å². The summed E-state index contributed by atoms with van der Waals surface area (Å²) in [5, 5.41) is 0.449. The van der Waals surface area contributed by atoms with Crippen molar-refractivity contribution in [3.8, 4) is 5.75 Å². The van der Waals surface area contributed by atoms with Gasteiger partial charge in [0.25, 0.3) is 0 Å². The summed E-state index contributed by atoms with van der Waals surface area (Å²) >= 11 is 6.00. The smallest absolute Gasteiger partial charge is 0.233 e. The molecule has 0 spiro atoms. The van der Waals surface area contributed by atoms with Crippen LogP contribution >= 0.6 is 22.3 Å². The lowest BCUT2D eigenvalue weighted by atomic mass is 9.87. The van der Waals surface area contributed by atoms with Crippen LogP contribution < -0.4 is 4.74 Å². The molecule has 0 saturated heterocycles. The van der Waals surface area contributed by atoms with Crippen molar-refractivity contribution in [3.05, 3.63) is 28.8 Å². The van der Waals surface area contributed by atoms with Gasteiger partial charge >= 0.3 is 0 Å². The predicted octanol–water partition coefficient (Wildman–Crippen LogP) is 3.19. The van der Waals surface area contributed by atoms with E-state index in [9.17, 15) is 8.42 Å². The zero-order valence-corrected chi connectivity index (χ0v) is 12.2. The summed E-state index contributed by atoms with van der Waals surface area (Å²) < 4.78 is 27.3. The summed E-state index contributed by atoms with van der Waals surface area (Å²) in [6, 6.07) is 5.19. The predicted molar refractivity (Wildman–Crippen MR) is 70.7 cm³/mol. The lowest BCUT2D eigenvalue weighted by molar-refractivity contribution is 0.414. The lowest BCUT2D eigenvalue weighted by Crippen LogP contribution is -2.26. The molecule has 0 aliphatic heterocycles. The van der Waals surface area contributed by atoms with Gasteiger partial charge in [-0.25, -0.2) is 8.42 Å². The Morgan fingerprint density at radius 3 is 2.35 bits per heavy atom. The van der Waals surface area contributed by atoms with Crippen LogP contribution in [0.5, 0.6) is 5.75 Å². The first-order chi connectivity index (χ1) is 7.65. The van der Waals surface area contributed by atoms with Crippen molar-refractivity contribution in [2.24, 2.45) is 0 Å². The zero-order chi connectivity index (χ0) is 13.3. The Morgan fingerprint density at radius 1 is 1.35 bits per heavy atom. The number of methoxy groups -OCH3 is 1. The Morgan fingerprint density at radius 2 is 1.94 bits per heavy atom. The average molecular weight is 297 g/mol. The zero-order valence-electron chi connectivity index (χ0n) is 9.83. The molecule has 0 saturated carbocycles. The summed E-state index contributed by atoms with van der Waals surface area (Å²) in [4.78, 5) is 0. The van der Waals surface area contributed by atoms with E-state index in [2.05, 4.69) is 0 Å². The highest BCUT2D eigenvalue weighted by Gasteiger charge is 2.27. The second-order valence-electron chi connectivity index (χ2n) is 4.42. The summed E-state index contributed by atoms with van der Waals surface area (Å²) in [5.74, 6) is 0.407. The van der Waals surface area contributed by atoms with Crippen molar-refractivity contribution >= 4 is 31.3 Å². The molecule has 17 heavy (non-hydrogen) atoms. The molecule has 0 heterocycles. The molecule has 1 rings (SSSR count).